The van der Waals surface area contributed by atoms with Crippen LogP contribution in [0.1, 0.15) is 11.1 Å². The number of nitrogens with zero attached hydrogens (tertiary/aromatic N) is 3. The highest BCUT2D eigenvalue weighted by Crippen LogP contribution is 2.23. The van der Waals surface area contributed by atoms with Crippen LogP contribution in [-0.2, 0) is 9.84 Å². The van der Waals surface area contributed by atoms with Crippen molar-refractivity contribution in [2.75, 3.05) is 50.4 Å². The van der Waals surface area contributed by atoms with E-state index in [1.54, 1.807) is 31.3 Å². The first-order valence-electron chi connectivity index (χ1n) is 9.97. The van der Waals surface area contributed by atoms with Crippen molar-refractivity contribution in [3.8, 4) is 0 Å². The molecular weight excluding hydrogens is 384 g/mol. The first-order chi connectivity index (χ1) is 13.9. The summed E-state index contributed by atoms with van der Waals surface area (Å²) in [7, 11) is -1.55. The molecule has 156 valence electrons. The lowest BCUT2D eigenvalue weighted by molar-refractivity contribution is 0.373. The predicted molar refractivity (Wildman–Crippen MR) is 120 cm³/mol. The summed E-state index contributed by atoms with van der Waals surface area (Å²) in [5, 5.41) is 3.22. The number of guanidine groups is 1. The molecule has 1 aliphatic rings. The maximum Gasteiger partial charge on any atom is 0.193 e. The molecule has 1 saturated heterocycles. The number of aliphatic imine (C=N–C) groups is 1. The van der Waals surface area contributed by atoms with Gasteiger partial charge in [-0.05, 0) is 43.2 Å². The first-order valence-corrected chi connectivity index (χ1v) is 11.6. The van der Waals surface area contributed by atoms with E-state index < -0.39 is 9.84 Å². The van der Waals surface area contributed by atoms with Gasteiger partial charge in [-0.3, -0.25) is 4.99 Å². The van der Waals surface area contributed by atoms with Crippen molar-refractivity contribution in [2.24, 2.45) is 4.99 Å². The molecule has 0 aliphatic carbocycles. The molecule has 0 amide bonds. The maximum absolute atomic E-state index is 12.4. The van der Waals surface area contributed by atoms with Gasteiger partial charge in [0.15, 0.2) is 15.8 Å². The van der Waals surface area contributed by atoms with E-state index in [0.29, 0.717) is 11.4 Å². The minimum atomic E-state index is -3.29. The van der Waals surface area contributed by atoms with Crippen LogP contribution in [0.3, 0.4) is 0 Å². The van der Waals surface area contributed by atoms with Crippen molar-refractivity contribution in [3.63, 3.8) is 0 Å². The topological polar surface area (TPSA) is 65.0 Å². The molecule has 0 radical (unpaired) electrons. The lowest BCUT2D eigenvalue weighted by Gasteiger charge is -2.38. The van der Waals surface area contributed by atoms with E-state index in [4.69, 9.17) is 0 Å². The Kier molecular flexibility index (Phi) is 6.79. The van der Waals surface area contributed by atoms with Crippen LogP contribution in [0.15, 0.2) is 58.4 Å². The van der Waals surface area contributed by atoms with Gasteiger partial charge in [-0.1, -0.05) is 30.3 Å². The molecular formula is C22H30N4O2S. The van der Waals surface area contributed by atoms with Crippen LogP contribution in [0.5, 0.6) is 0 Å². The van der Waals surface area contributed by atoms with Gasteiger partial charge in [0.1, 0.15) is 0 Å². The maximum atomic E-state index is 12.4. The summed E-state index contributed by atoms with van der Waals surface area (Å²) in [6.07, 6.45) is 0. The fourth-order valence-corrected chi connectivity index (χ4v) is 4.79. The molecule has 0 spiro atoms. The quantitative estimate of drug-likeness (QED) is 0.602. The highest BCUT2D eigenvalue weighted by molar-refractivity contribution is 7.91. The summed E-state index contributed by atoms with van der Waals surface area (Å²) in [4.78, 5) is 9.31. The average Bonchev–Trinajstić information content (AvgIpc) is 2.74. The Balaban J connectivity index is 1.54. The summed E-state index contributed by atoms with van der Waals surface area (Å²) in [6.45, 7) is 8.16. The third kappa shape index (κ3) is 5.09. The van der Waals surface area contributed by atoms with Crippen molar-refractivity contribution in [1.82, 2.24) is 10.2 Å². The molecule has 0 aromatic heterocycles. The minimum Gasteiger partial charge on any atom is -0.368 e. The van der Waals surface area contributed by atoms with Crippen LogP contribution < -0.4 is 10.2 Å². The molecule has 0 bridgehead atoms. The summed E-state index contributed by atoms with van der Waals surface area (Å²) in [6, 6.07) is 15.0. The predicted octanol–water partition coefficient (Wildman–Crippen LogP) is 2.47. The van der Waals surface area contributed by atoms with Gasteiger partial charge in [-0.15, -0.1) is 0 Å². The number of nitrogens with one attached hydrogen (secondary N) is 1. The Morgan fingerprint density at radius 1 is 1.00 bits per heavy atom. The number of anilines is 1. The molecule has 6 nitrogen and oxygen atoms in total. The Labute approximate surface area is 174 Å². The standard InChI is InChI=1S/C22H30N4O2S/c1-18-8-7-11-21(19(18)2)25-13-15-26(16-14-25)22(23-3)24-12-17-29(27,28)20-9-5-4-6-10-20/h4-11H,12-17H2,1-3H3,(H,23,24). The zero-order valence-corrected chi connectivity index (χ0v) is 18.2. The Hall–Kier alpha value is -2.54. The largest absolute Gasteiger partial charge is 0.368 e. The second-order valence-corrected chi connectivity index (χ2v) is 9.41. The SMILES string of the molecule is CN=C(NCCS(=O)(=O)c1ccccc1)N1CCN(c2cccc(C)c2C)CC1. The van der Waals surface area contributed by atoms with Gasteiger partial charge in [0.05, 0.1) is 10.6 Å². The van der Waals surface area contributed by atoms with Crippen LogP contribution in [0.25, 0.3) is 0 Å². The molecule has 7 heteroatoms. The van der Waals surface area contributed by atoms with Gasteiger partial charge in [-0.25, -0.2) is 8.42 Å². The van der Waals surface area contributed by atoms with Gasteiger partial charge in [0.2, 0.25) is 0 Å². The molecule has 1 heterocycles. The van der Waals surface area contributed by atoms with Crippen molar-refractivity contribution >= 4 is 21.5 Å². The van der Waals surface area contributed by atoms with E-state index in [0.717, 1.165) is 32.1 Å². The van der Waals surface area contributed by atoms with Crippen LogP contribution in [0.4, 0.5) is 5.69 Å². The molecule has 1 N–H and O–H groups in total. The van der Waals surface area contributed by atoms with E-state index in [9.17, 15) is 8.42 Å². The lowest BCUT2D eigenvalue weighted by Crippen LogP contribution is -2.53. The molecule has 0 unspecified atom stereocenters. The third-order valence-corrected chi connectivity index (χ3v) is 7.20. The fourth-order valence-electron chi connectivity index (χ4n) is 3.61. The Morgan fingerprint density at radius 2 is 1.69 bits per heavy atom. The van der Waals surface area contributed by atoms with E-state index in [-0.39, 0.29) is 5.75 Å². The first kappa shape index (κ1) is 21.2. The van der Waals surface area contributed by atoms with Crippen molar-refractivity contribution in [3.05, 3.63) is 59.7 Å². The molecule has 1 fully saturated rings. The minimum absolute atomic E-state index is 0.0402. The fraction of sp³-hybridized carbons (Fsp3) is 0.409. The summed E-state index contributed by atoms with van der Waals surface area (Å²) in [5.41, 5.74) is 3.93. The number of sulfone groups is 1. The molecule has 0 atom stereocenters. The zero-order valence-electron chi connectivity index (χ0n) is 17.4. The van der Waals surface area contributed by atoms with E-state index in [2.05, 4.69) is 52.2 Å². The van der Waals surface area contributed by atoms with E-state index in [1.165, 1.54) is 16.8 Å². The molecule has 0 saturated carbocycles. The highest BCUT2D eigenvalue weighted by Gasteiger charge is 2.21. The van der Waals surface area contributed by atoms with Gasteiger partial charge in [-0.2, -0.15) is 0 Å². The van der Waals surface area contributed by atoms with Gasteiger partial charge in [0.25, 0.3) is 0 Å². The van der Waals surface area contributed by atoms with E-state index >= 15 is 0 Å². The molecule has 2 aromatic rings. The van der Waals surface area contributed by atoms with Crippen LogP contribution in [-0.4, -0.2) is 64.8 Å². The number of hydrogen-bond donors (Lipinski definition) is 1. The number of piperazine rings is 1. The Bertz CT molecular complexity index is 950. The van der Waals surface area contributed by atoms with Crippen LogP contribution in [0, 0.1) is 13.8 Å². The summed E-state index contributed by atoms with van der Waals surface area (Å²) < 4.78 is 24.9. The van der Waals surface area contributed by atoms with Gasteiger partial charge >= 0.3 is 0 Å². The average molecular weight is 415 g/mol. The van der Waals surface area contributed by atoms with Crippen molar-refractivity contribution in [1.29, 1.82) is 0 Å². The zero-order chi connectivity index (χ0) is 20.9. The molecule has 1 aliphatic heterocycles. The second kappa shape index (κ2) is 9.31. The van der Waals surface area contributed by atoms with Gasteiger partial charge < -0.3 is 15.1 Å². The highest BCUT2D eigenvalue weighted by atomic mass is 32.2. The molecule has 29 heavy (non-hydrogen) atoms. The monoisotopic (exact) mass is 414 g/mol. The summed E-state index contributed by atoms with van der Waals surface area (Å²) in [5.74, 6) is 0.798. The van der Waals surface area contributed by atoms with Crippen molar-refractivity contribution < 1.29 is 8.42 Å². The molecule has 3 rings (SSSR count). The second-order valence-electron chi connectivity index (χ2n) is 7.30. The molecule has 2 aromatic carbocycles. The van der Waals surface area contributed by atoms with E-state index in [1.807, 2.05) is 6.07 Å². The van der Waals surface area contributed by atoms with Crippen molar-refractivity contribution in [2.45, 2.75) is 18.7 Å². The number of aryl methyl sites for hydroxylation is 1. The van der Waals surface area contributed by atoms with Gasteiger partial charge in [0, 0.05) is 45.5 Å². The smallest absolute Gasteiger partial charge is 0.193 e. The summed E-state index contributed by atoms with van der Waals surface area (Å²) >= 11 is 0. The van der Waals surface area contributed by atoms with Crippen LogP contribution in [0.2, 0.25) is 0 Å². The number of benzene rings is 2. The Morgan fingerprint density at radius 3 is 2.34 bits per heavy atom. The number of hydrogen-bond acceptors (Lipinski definition) is 4. The number of rotatable bonds is 5. The lowest BCUT2D eigenvalue weighted by atomic mass is 10.1. The normalized spacial score (nSPS) is 15.5. The third-order valence-electron chi connectivity index (χ3n) is 5.46. The van der Waals surface area contributed by atoms with Crippen LogP contribution >= 0.6 is 0 Å².